The van der Waals surface area contributed by atoms with Gasteiger partial charge in [-0.05, 0) is 28.1 Å². The minimum absolute atomic E-state index is 0. The van der Waals surface area contributed by atoms with Gasteiger partial charge in [0.15, 0.2) is 0 Å². The summed E-state index contributed by atoms with van der Waals surface area (Å²) >= 11 is 3.36. The zero-order valence-electron chi connectivity index (χ0n) is 6.50. The lowest BCUT2D eigenvalue weighted by atomic mass is 10.3. The molecule has 0 saturated heterocycles. The minimum atomic E-state index is 0. The average Bonchev–Trinajstić information content (AvgIpc) is 2.03. The van der Waals surface area contributed by atoms with E-state index in [2.05, 4.69) is 15.9 Å². The van der Waals surface area contributed by atoms with E-state index in [1.807, 2.05) is 24.3 Å². The second-order valence-corrected chi connectivity index (χ2v) is 2.92. The number of hydrogen-bond acceptors (Lipinski definition) is 2. The Bertz CT molecular complexity index is 232. The number of benzene rings is 1. The van der Waals surface area contributed by atoms with Crippen molar-refractivity contribution in [1.29, 1.82) is 0 Å². The van der Waals surface area contributed by atoms with E-state index in [1.165, 1.54) is 0 Å². The molecule has 0 heterocycles. The zero-order chi connectivity index (χ0) is 8.10. The fourth-order valence-electron chi connectivity index (χ4n) is 0.731. The fourth-order valence-corrected chi connectivity index (χ4v) is 1.13. The highest BCUT2D eigenvalue weighted by atomic mass is 79.9. The molecular formula is C8H11BrClNO. The number of nitrogens with two attached hydrogens (primary N) is 1. The van der Waals surface area contributed by atoms with Crippen LogP contribution in [0.25, 0.3) is 0 Å². The van der Waals surface area contributed by atoms with Crippen LogP contribution in [0.5, 0.6) is 5.75 Å². The van der Waals surface area contributed by atoms with Gasteiger partial charge < -0.3 is 10.5 Å². The topological polar surface area (TPSA) is 35.2 Å². The summed E-state index contributed by atoms with van der Waals surface area (Å²) in [4.78, 5) is 0. The van der Waals surface area contributed by atoms with Gasteiger partial charge in [0.2, 0.25) is 0 Å². The molecule has 2 nitrogen and oxygen atoms in total. The lowest BCUT2D eigenvalue weighted by Crippen LogP contribution is -2.10. The molecule has 68 valence electrons. The highest BCUT2D eigenvalue weighted by Crippen LogP contribution is 2.23. The molecule has 1 aromatic carbocycles. The Morgan fingerprint density at radius 3 is 2.58 bits per heavy atom. The summed E-state index contributed by atoms with van der Waals surface area (Å²) in [5.41, 5.74) is 5.29. The van der Waals surface area contributed by atoms with Crippen LogP contribution in [0.4, 0.5) is 0 Å². The molecule has 0 bridgehead atoms. The molecule has 0 radical (unpaired) electrons. The maximum absolute atomic E-state index is 5.31. The fraction of sp³-hybridized carbons (Fsp3) is 0.250. The van der Waals surface area contributed by atoms with E-state index in [-0.39, 0.29) is 12.4 Å². The van der Waals surface area contributed by atoms with Gasteiger partial charge in [-0.15, -0.1) is 12.4 Å². The van der Waals surface area contributed by atoms with Gasteiger partial charge in [0.05, 0.1) is 4.47 Å². The average molecular weight is 253 g/mol. The Morgan fingerprint density at radius 2 is 2.00 bits per heavy atom. The monoisotopic (exact) mass is 251 g/mol. The number of rotatable bonds is 3. The number of ether oxygens (including phenoxy) is 1. The predicted molar refractivity (Wildman–Crippen MR) is 55.9 cm³/mol. The van der Waals surface area contributed by atoms with Crippen LogP contribution in [0.3, 0.4) is 0 Å². The molecule has 0 atom stereocenters. The van der Waals surface area contributed by atoms with Crippen LogP contribution in [0, 0.1) is 0 Å². The van der Waals surface area contributed by atoms with Crippen molar-refractivity contribution in [2.75, 3.05) is 13.2 Å². The second kappa shape index (κ2) is 6.29. The lowest BCUT2D eigenvalue weighted by molar-refractivity contribution is 0.326. The Labute approximate surface area is 86.6 Å². The van der Waals surface area contributed by atoms with Crippen molar-refractivity contribution >= 4 is 28.3 Å². The van der Waals surface area contributed by atoms with Crippen LogP contribution in [-0.2, 0) is 0 Å². The molecule has 0 aliphatic heterocycles. The third-order valence-electron chi connectivity index (χ3n) is 1.21. The van der Waals surface area contributed by atoms with Gasteiger partial charge in [-0.3, -0.25) is 0 Å². The summed E-state index contributed by atoms with van der Waals surface area (Å²) in [7, 11) is 0. The third kappa shape index (κ3) is 3.43. The maximum Gasteiger partial charge on any atom is 0.133 e. The molecule has 12 heavy (non-hydrogen) atoms. The van der Waals surface area contributed by atoms with Gasteiger partial charge in [-0.2, -0.15) is 0 Å². The molecule has 2 N–H and O–H groups in total. The van der Waals surface area contributed by atoms with E-state index in [9.17, 15) is 0 Å². The van der Waals surface area contributed by atoms with Crippen LogP contribution < -0.4 is 10.5 Å². The van der Waals surface area contributed by atoms with Crippen molar-refractivity contribution in [1.82, 2.24) is 0 Å². The van der Waals surface area contributed by atoms with Crippen LogP contribution in [0.1, 0.15) is 0 Å². The predicted octanol–water partition coefficient (Wildman–Crippen LogP) is 2.21. The highest BCUT2D eigenvalue weighted by molar-refractivity contribution is 9.10. The quantitative estimate of drug-likeness (QED) is 0.895. The van der Waals surface area contributed by atoms with E-state index in [0.29, 0.717) is 13.2 Å². The van der Waals surface area contributed by atoms with Gasteiger partial charge >= 0.3 is 0 Å². The van der Waals surface area contributed by atoms with Gasteiger partial charge in [0, 0.05) is 6.54 Å². The molecule has 0 fully saturated rings. The van der Waals surface area contributed by atoms with Crippen LogP contribution in [-0.4, -0.2) is 13.2 Å². The first-order valence-corrected chi connectivity index (χ1v) is 4.21. The van der Waals surface area contributed by atoms with E-state index in [1.54, 1.807) is 0 Å². The normalized spacial score (nSPS) is 8.83. The molecular weight excluding hydrogens is 241 g/mol. The first-order valence-electron chi connectivity index (χ1n) is 3.42. The number of hydrogen-bond donors (Lipinski definition) is 1. The number of halogens is 2. The number of para-hydroxylation sites is 1. The smallest absolute Gasteiger partial charge is 0.133 e. The zero-order valence-corrected chi connectivity index (χ0v) is 8.90. The Balaban J connectivity index is 0.00000121. The minimum Gasteiger partial charge on any atom is -0.491 e. The van der Waals surface area contributed by atoms with E-state index < -0.39 is 0 Å². The Kier molecular flexibility index (Phi) is 6.16. The van der Waals surface area contributed by atoms with Gasteiger partial charge in [0.1, 0.15) is 12.4 Å². The van der Waals surface area contributed by atoms with Gasteiger partial charge in [-0.25, -0.2) is 0 Å². The lowest BCUT2D eigenvalue weighted by Gasteiger charge is -2.04. The van der Waals surface area contributed by atoms with Crippen molar-refractivity contribution in [3.63, 3.8) is 0 Å². The summed E-state index contributed by atoms with van der Waals surface area (Å²) in [6.07, 6.45) is 0. The maximum atomic E-state index is 5.31. The summed E-state index contributed by atoms with van der Waals surface area (Å²) in [6.45, 7) is 1.10. The molecule has 0 amide bonds. The Hall–Kier alpha value is -0.250. The molecule has 0 aliphatic carbocycles. The molecule has 0 spiro atoms. The summed E-state index contributed by atoms with van der Waals surface area (Å²) in [5.74, 6) is 0.845. The molecule has 4 heteroatoms. The van der Waals surface area contributed by atoms with Crippen molar-refractivity contribution in [3.05, 3.63) is 28.7 Å². The van der Waals surface area contributed by atoms with Crippen molar-refractivity contribution < 1.29 is 4.74 Å². The highest BCUT2D eigenvalue weighted by Gasteiger charge is 1.96. The summed E-state index contributed by atoms with van der Waals surface area (Å²) in [5, 5.41) is 0. The van der Waals surface area contributed by atoms with Gasteiger partial charge in [-0.1, -0.05) is 12.1 Å². The molecule has 1 rings (SSSR count). The molecule has 0 unspecified atom stereocenters. The standard InChI is InChI=1S/C8H10BrNO.ClH/c9-7-3-1-2-4-8(7)11-6-5-10;/h1-4H,5-6,10H2;1H. The molecule has 0 saturated carbocycles. The van der Waals surface area contributed by atoms with E-state index in [4.69, 9.17) is 10.5 Å². The van der Waals surface area contributed by atoms with E-state index >= 15 is 0 Å². The van der Waals surface area contributed by atoms with Crippen molar-refractivity contribution in [3.8, 4) is 5.75 Å². The second-order valence-electron chi connectivity index (χ2n) is 2.07. The van der Waals surface area contributed by atoms with Crippen molar-refractivity contribution in [2.45, 2.75) is 0 Å². The largest absolute Gasteiger partial charge is 0.491 e. The molecule has 0 aromatic heterocycles. The van der Waals surface area contributed by atoms with E-state index in [0.717, 1.165) is 10.2 Å². The summed E-state index contributed by atoms with van der Waals surface area (Å²) < 4.78 is 6.28. The van der Waals surface area contributed by atoms with Crippen molar-refractivity contribution in [2.24, 2.45) is 5.73 Å². The molecule has 1 aromatic rings. The third-order valence-corrected chi connectivity index (χ3v) is 1.87. The molecule has 0 aliphatic rings. The first-order chi connectivity index (χ1) is 5.34. The Morgan fingerprint density at radius 1 is 1.33 bits per heavy atom. The first kappa shape index (κ1) is 11.8. The van der Waals surface area contributed by atoms with Crippen LogP contribution in [0.15, 0.2) is 28.7 Å². The summed E-state index contributed by atoms with van der Waals surface area (Å²) in [6, 6.07) is 7.71. The van der Waals surface area contributed by atoms with Crippen LogP contribution in [0.2, 0.25) is 0 Å². The van der Waals surface area contributed by atoms with Gasteiger partial charge in [0.25, 0.3) is 0 Å². The SMILES string of the molecule is Cl.NCCOc1ccccc1Br. The van der Waals surface area contributed by atoms with Crippen LogP contribution >= 0.6 is 28.3 Å².